The van der Waals surface area contributed by atoms with E-state index in [0.717, 1.165) is 6.42 Å². The van der Waals surface area contributed by atoms with Crippen molar-refractivity contribution in [2.24, 2.45) is 5.41 Å². The molecular formula is C6H12OS. The molecule has 0 aliphatic carbocycles. The van der Waals surface area contributed by atoms with Crippen LogP contribution in [0.3, 0.4) is 0 Å². The zero-order valence-electron chi connectivity index (χ0n) is 5.60. The summed E-state index contributed by atoms with van der Waals surface area (Å²) in [6.07, 6.45) is 0.890. The van der Waals surface area contributed by atoms with E-state index in [-0.39, 0.29) is 5.41 Å². The second-order valence-corrected chi connectivity index (χ2v) is 3.55. The van der Waals surface area contributed by atoms with Gasteiger partial charge in [0.1, 0.15) is 0 Å². The third kappa shape index (κ3) is 5.89. The lowest BCUT2D eigenvalue weighted by atomic mass is 9.94. The minimum atomic E-state index is 0.275. The lowest BCUT2D eigenvalue weighted by Crippen LogP contribution is -2.04. The maximum atomic E-state index is 9.84. The van der Waals surface area contributed by atoms with Crippen molar-refractivity contribution >= 4 is 16.6 Å². The molecular weight excluding hydrogens is 120 g/mol. The van der Waals surface area contributed by atoms with Gasteiger partial charge in [-0.15, -0.1) is 0 Å². The molecule has 8 heavy (non-hydrogen) atoms. The van der Waals surface area contributed by atoms with Gasteiger partial charge in [0.15, 0.2) is 0 Å². The molecule has 0 atom stereocenters. The van der Waals surface area contributed by atoms with Crippen LogP contribution in [0.4, 0.5) is 0 Å². The predicted octanol–water partition coefficient (Wildman–Crippen LogP) is 1.44. The third-order valence-corrected chi connectivity index (χ3v) is 1.07. The van der Waals surface area contributed by atoms with Gasteiger partial charge in [-0.05, 0) is 11.8 Å². The van der Waals surface area contributed by atoms with Crippen molar-refractivity contribution in [3.05, 3.63) is 0 Å². The Morgan fingerprint density at radius 2 is 2.00 bits per heavy atom. The summed E-state index contributed by atoms with van der Waals surface area (Å²) < 4.78 is 9.84. The monoisotopic (exact) mass is 132 g/mol. The first-order chi connectivity index (χ1) is 3.56. The molecule has 0 heterocycles. The summed E-state index contributed by atoms with van der Waals surface area (Å²) in [5.41, 5.74) is 0.275. The van der Waals surface area contributed by atoms with Gasteiger partial charge in [-0.25, -0.2) is 4.21 Å². The van der Waals surface area contributed by atoms with Crippen LogP contribution in [0.1, 0.15) is 27.2 Å². The maximum Gasteiger partial charge on any atom is 0.0841 e. The molecule has 0 radical (unpaired) electrons. The zero-order chi connectivity index (χ0) is 6.62. The van der Waals surface area contributed by atoms with Gasteiger partial charge in [0.2, 0.25) is 0 Å². The molecule has 0 aromatic carbocycles. The van der Waals surface area contributed by atoms with Gasteiger partial charge < -0.3 is 0 Å². The van der Waals surface area contributed by atoms with Crippen LogP contribution >= 0.6 is 0 Å². The second kappa shape index (κ2) is 3.02. The summed E-state index contributed by atoms with van der Waals surface area (Å²) in [6, 6.07) is 0. The summed E-state index contributed by atoms with van der Waals surface area (Å²) in [4.78, 5) is 0. The van der Waals surface area contributed by atoms with Crippen molar-refractivity contribution in [3.8, 4) is 0 Å². The predicted molar refractivity (Wildman–Crippen MR) is 38.3 cm³/mol. The fourth-order valence-corrected chi connectivity index (χ4v) is 0.852. The summed E-state index contributed by atoms with van der Waals surface area (Å²) in [6.45, 7) is 6.33. The van der Waals surface area contributed by atoms with E-state index in [1.807, 2.05) is 0 Å². The quantitative estimate of drug-likeness (QED) is 0.493. The van der Waals surface area contributed by atoms with Crippen molar-refractivity contribution in [2.45, 2.75) is 27.2 Å². The molecule has 0 spiro atoms. The van der Waals surface area contributed by atoms with Crippen molar-refractivity contribution < 1.29 is 4.21 Å². The van der Waals surface area contributed by atoms with Crippen LogP contribution in [0, 0.1) is 5.41 Å². The van der Waals surface area contributed by atoms with Crippen molar-refractivity contribution in [2.75, 3.05) is 0 Å². The molecule has 0 aliphatic rings. The molecule has 0 saturated heterocycles. The minimum Gasteiger partial charge on any atom is -0.213 e. The van der Waals surface area contributed by atoms with Gasteiger partial charge in [0.25, 0.3) is 0 Å². The molecule has 0 saturated carbocycles. The highest BCUT2D eigenvalue weighted by atomic mass is 32.1. The van der Waals surface area contributed by atoms with Gasteiger partial charge >= 0.3 is 0 Å². The molecule has 0 unspecified atom stereocenters. The van der Waals surface area contributed by atoms with Crippen LogP contribution < -0.4 is 0 Å². The number of hydrogen-bond acceptors (Lipinski definition) is 1. The number of hydrogen-bond donors (Lipinski definition) is 0. The van der Waals surface area contributed by atoms with Crippen LogP contribution in [-0.2, 0) is 11.3 Å². The Balaban J connectivity index is 3.55. The summed E-state index contributed by atoms with van der Waals surface area (Å²) in [5.74, 6) is 0. The van der Waals surface area contributed by atoms with E-state index in [2.05, 4.69) is 20.8 Å². The van der Waals surface area contributed by atoms with Crippen molar-refractivity contribution in [3.63, 3.8) is 0 Å². The molecule has 0 bridgehead atoms. The molecule has 0 rings (SSSR count). The van der Waals surface area contributed by atoms with E-state index < -0.39 is 0 Å². The van der Waals surface area contributed by atoms with Crippen LogP contribution in [0.15, 0.2) is 0 Å². The van der Waals surface area contributed by atoms with Crippen LogP contribution in [0.5, 0.6) is 0 Å². The average Bonchev–Trinajstić information content (AvgIpc) is 1.59. The Labute approximate surface area is 54.2 Å². The Kier molecular flexibility index (Phi) is 2.98. The Morgan fingerprint density at radius 3 is 2.12 bits per heavy atom. The molecule has 48 valence electrons. The molecule has 0 aromatic rings. The van der Waals surface area contributed by atoms with Gasteiger partial charge in [0.05, 0.1) is 11.3 Å². The second-order valence-electron chi connectivity index (χ2n) is 3.03. The first-order valence-corrected chi connectivity index (χ1v) is 3.47. The number of rotatable bonds is 1. The van der Waals surface area contributed by atoms with E-state index in [4.69, 9.17) is 0 Å². The average molecular weight is 132 g/mol. The molecule has 1 nitrogen and oxygen atoms in total. The summed E-state index contributed by atoms with van der Waals surface area (Å²) in [5, 5.41) is 1.69. The van der Waals surface area contributed by atoms with Gasteiger partial charge in [-0.2, -0.15) is 0 Å². The highest BCUT2D eigenvalue weighted by molar-refractivity contribution is 7.64. The maximum absolute atomic E-state index is 9.84. The van der Waals surface area contributed by atoms with Gasteiger partial charge in [-0.3, -0.25) is 0 Å². The Hall–Kier alpha value is -0.110. The fourth-order valence-electron chi connectivity index (χ4n) is 0.284. The van der Waals surface area contributed by atoms with E-state index in [0.29, 0.717) is 11.3 Å². The van der Waals surface area contributed by atoms with E-state index in [9.17, 15) is 4.21 Å². The van der Waals surface area contributed by atoms with E-state index in [1.54, 1.807) is 5.37 Å². The highest BCUT2D eigenvalue weighted by Gasteiger charge is 2.06. The third-order valence-electron chi connectivity index (χ3n) is 0.764. The molecule has 0 aromatic heterocycles. The highest BCUT2D eigenvalue weighted by Crippen LogP contribution is 2.15. The minimum absolute atomic E-state index is 0.275. The van der Waals surface area contributed by atoms with E-state index in [1.165, 1.54) is 0 Å². The normalized spacial score (nSPS) is 10.9. The lowest BCUT2D eigenvalue weighted by Gasteiger charge is -2.12. The molecule has 0 aliphatic heterocycles. The molecule has 0 fully saturated rings. The van der Waals surface area contributed by atoms with Crippen LogP contribution in [0.2, 0.25) is 0 Å². The molecule has 0 amide bonds. The summed E-state index contributed by atoms with van der Waals surface area (Å²) >= 11 is 0.553. The fraction of sp³-hybridized carbons (Fsp3) is 0.833. The van der Waals surface area contributed by atoms with Crippen molar-refractivity contribution in [1.29, 1.82) is 0 Å². The first kappa shape index (κ1) is 7.89. The van der Waals surface area contributed by atoms with Gasteiger partial charge in [0, 0.05) is 5.37 Å². The Bertz CT molecular complexity index is 106. The van der Waals surface area contributed by atoms with Gasteiger partial charge in [-0.1, -0.05) is 20.8 Å². The molecule has 2 heteroatoms. The topological polar surface area (TPSA) is 17.1 Å². The first-order valence-electron chi connectivity index (χ1n) is 2.66. The SMILES string of the molecule is CC(C)(C)CC=S=O. The largest absolute Gasteiger partial charge is 0.213 e. The molecule has 0 N–H and O–H groups in total. The Morgan fingerprint density at radius 1 is 1.50 bits per heavy atom. The van der Waals surface area contributed by atoms with Crippen molar-refractivity contribution in [1.82, 2.24) is 0 Å². The summed E-state index contributed by atoms with van der Waals surface area (Å²) in [7, 11) is 0. The lowest BCUT2D eigenvalue weighted by molar-refractivity contribution is 0.439. The zero-order valence-corrected chi connectivity index (χ0v) is 6.42. The standard InChI is InChI=1S/C6H12OS/c1-6(2,3)4-5-8-7/h5H,4H2,1-3H3. The van der Waals surface area contributed by atoms with Crippen LogP contribution in [0.25, 0.3) is 0 Å². The van der Waals surface area contributed by atoms with E-state index >= 15 is 0 Å². The van der Waals surface area contributed by atoms with Crippen LogP contribution in [-0.4, -0.2) is 9.58 Å². The smallest absolute Gasteiger partial charge is 0.0841 e.